The highest BCUT2D eigenvalue weighted by Crippen LogP contribution is 2.43. The van der Waals surface area contributed by atoms with Crippen LogP contribution in [0.25, 0.3) is 11.1 Å². The van der Waals surface area contributed by atoms with Gasteiger partial charge in [0.05, 0.1) is 18.8 Å². The van der Waals surface area contributed by atoms with E-state index in [1.165, 1.54) is 11.6 Å². The average molecular weight is 517 g/mol. The molecule has 1 heterocycles. The lowest BCUT2D eigenvalue weighted by atomic mass is 9.91. The molecule has 1 fully saturated rings. The minimum absolute atomic E-state index is 0.0419. The van der Waals surface area contributed by atoms with Gasteiger partial charge < -0.3 is 9.47 Å². The molecule has 0 atom stereocenters. The Morgan fingerprint density at radius 1 is 0.763 bits per heavy atom. The van der Waals surface area contributed by atoms with E-state index in [4.69, 9.17) is 9.47 Å². The number of hydrogen-bond donors (Lipinski definition) is 0. The van der Waals surface area contributed by atoms with Crippen molar-refractivity contribution in [1.29, 1.82) is 0 Å². The van der Waals surface area contributed by atoms with Gasteiger partial charge in [-0.25, -0.2) is 0 Å². The van der Waals surface area contributed by atoms with Crippen molar-refractivity contribution in [3.05, 3.63) is 130 Å². The fourth-order valence-corrected chi connectivity index (χ4v) is 5.07. The second-order valence-corrected chi connectivity index (χ2v) is 9.95. The molecule has 0 unspecified atom stereocenters. The van der Waals surface area contributed by atoms with Crippen molar-refractivity contribution in [1.82, 2.24) is 0 Å². The summed E-state index contributed by atoms with van der Waals surface area (Å²) in [5, 5.41) is 0. The molecule has 1 aliphatic rings. The molecule has 0 bridgehead atoms. The van der Waals surface area contributed by atoms with E-state index >= 15 is 0 Å². The average Bonchev–Trinajstić information content (AvgIpc) is 2.93. The van der Waals surface area contributed by atoms with Crippen LogP contribution in [0.2, 0.25) is 0 Å². The highest BCUT2D eigenvalue weighted by molar-refractivity contribution is 5.64. The maximum atomic E-state index is 13.5. The standard InChI is InChI=1S/C33H31F3O2/c1-3-6-24-11-13-25(14-12-24)26-15-17-27(18-16-26)28-21-37-32(38-22-28,29-8-4-7-23(2)19-29)30-9-5-10-31(20-30)33(34,35)36/h4-5,7-20,28H,3,6,21-22H2,1-2H3. The molecule has 5 rings (SSSR count). The van der Waals surface area contributed by atoms with Gasteiger partial charge in [0.25, 0.3) is 0 Å². The Kier molecular flexibility index (Phi) is 7.42. The number of hydrogen-bond acceptors (Lipinski definition) is 2. The van der Waals surface area contributed by atoms with Gasteiger partial charge in [-0.05, 0) is 47.7 Å². The van der Waals surface area contributed by atoms with E-state index in [1.54, 1.807) is 6.07 Å². The first kappa shape index (κ1) is 26.2. The van der Waals surface area contributed by atoms with Crippen LogP contribution >= 0.6 is 0 Å². The van der Waals surface area contributed by atoms with Crippen LogP contribution in [-0.4, -0.2) is 13.2 Å². The van der Waals surface area contributed by atoms with Crippen LogP contribution in [-0.2, 0) is 27.9 Å². The zero-order valence-electron chi connectivity index (χ0n) is 21.6. The van der Waals surface area contributed by atoms with Gasteiger partial charge in [-0.1, -0.05) is 104 Å². The molecular weight excluding hydrogens is 485 g/mol. The van der Waals surface area contributed by atoms with Gasteiger partial charge in [-0.3, -0.25) is 0 Å². The third-order valence-electron chi connectivity index (χ3n) is 7.15. The zero-order valence-corrected chi connectivity index (χ0v) is 21.6. The van der Waals surface area contributed by atoms with Crippen molar-refractivity contribution < 1.29 is 22.6 Å². The van der Waals surface area contributed by atoms with Crippen molar-refractivity contribution in [3.63, 3.8) is 0 Å². The quantitative estimate of drug-likeness (QED) is 0.255. The van der Waals surface area contributed by atoms with E-state index < -0.39 is 17.5 Å². The molecule has 1 saturated heterocycles. The molecule has 0 aromatic heterocycles. The summed E-state index contributed by atoms with van der Waals surface area (Å²) in [7, 11) is 0. The van der Waals surface area contributed by atoms with E-state index in [1.807, 2.05) is 31.2 Å². The van der Waals surface area contributed by atoms with Crippen LogP contribution in [0.3, 0.4) is 0 Å². The molecule has 0 N–H and O–H groups in total. The first-order valence-corrected chi connectivity index (χ1v) is 13.0. The van der Waals surface area contributed by atoms with Gasteiger partial charge in [0.1, 0.15) is 0 Å². The number of ether oxygens (including phenoxy) is 2. The fraction of sp³-hybridized carbons (Fsp3) is 0.273. The highest BCUT2D eigenvalue weighted by Gasteiger charge is 2.43. The van der Waals surface area contributed by atoms with E-state index in [-0.39, 0.29) is 5.92 Å². The van der Waals surface area contributed by atoms with Crippen molar-refractivity contribution in [2.75, 3.05) is 13.2 Å². The Labute approximate surface area is 222 Å². The van der Waals surface area contributed by atoms with Gasteiger partial charge in [0, 0.05) is 17.0 Å². The molecule has 38 heavy (non-hydrogen) atoms. The number of benzene rings is 4. The molecule has 1 aliphatic heterocycles. The lowest BCUT2D eigenvalue weighted by Crippen LogP contribution is -2.42. The van der Waals surface area contributed by atoms with E-state index in [2.05, 4.69) is 55.5 Å². The Morgan fingerprint density at radius 3 is 1.92 bits per heavy atom. The smallest absolute Gasteiger partial charge is 0.341 e. The minimum atomic E-state index is -4.46. The number of alkyl halides is 3. The maximum Gasteiger partial charge on any atom is 0.416 e. The minimum Gasteiger partial charge on any atom is -0.341 e. The molecule has 5 heteroatoms. The molecule has 0 aliphatic carbocycles. The predicted octanol–water partition coefficient (Wildman–Crippen LogP) is 8.67. The maximum absolute atomic E-state index is 13.5. The van der Waals surface area contributed by atoms with Gasteiger partial charge in [-0.2, -0.15) is 13.2 Å². The summed E-state index contributed by atoms with van der Waals surface area (Å²) >= 11 is 0. The third kappa shape index (κ3) is 5.40. The summed E-state index contributed by atoms with van der Waals surface area (Å²) in [6.07, 6.45) is -2.26. The lowest BCUT2D eigenvalue weighted by molar-refractivity contribution is -0.256. The summed E-state index contributed by atoms with van der Waals surface area (Å²) in [6, 6.07) is 29.8. The Morgan fingerprint density at radius 2 is 1.34 bits per heavy atom. The zero-order chi connectivity index (χ0) is 26.8. The van der Waals surface area contributed by atoms with Crippen molar-refractivity contribution in [2.45, 2.75) is 44.6 Å². The predicted molar refractivity (Wildman–Crippen MR) is 144 cm³/mol. The lowest BCUT2D eigenvalue weighted by Gasteiger charge is -2.41. The van der Waals surface area contributed by atoms with Gasteiger partial charge in [0.2, 0.25) is 5.79 Å². The van der Waals surface area contributed by atoms with E-state index in [0.717, 1.165) is 47.2 Å². The monoisotopic (exact) mass is 516 g/mol. The molecule has 0 amide bonds. The van der Waals surface area contributed by atoms with Crippen molar-refractivity contribution in [2.24, 2.45) is 0 Å². The Balaban J connectivity index is 1.39. The number of halogens is 3. The van der Waals surface area contributed by atoms with Crippen LogP contribution < -0.4 is 0 Å². The van der Waals surface area contributed by atoms with E-state index in [9.17, 15) is 13.2 Å². The summed E-state index contributed by atoms with van der Waals surface area (Å²) in [5.41, 5.74) is 5.95. The molecule has 0 spiro atoms. The third-order valence-corrected chi connectivity index (χ3v) is 7.15. The van der Waals surface area contributed by atoms with Crippen LogP contribution in [0.4, 0.5) is 13.2 Å². The highest BCUT2D eigenvalue weighted by atomic mass is 19.4. The SMILES string of the molecule is CCCc1ccc(-c2ccc(C3COC(c4cccc(C)c4)(c4cccc(C(F)(F)F)c4)OC3)cc2)cc1. The van der Waals surface area contributed by atoms with Crippen LogP contribution in [0.5, 0.6) is 0 Å². The molecule has 196 valence electrons. The topological polar surface area (TPSA) is 18.5 Å². The number of aryl methyl sites for hydroxylation is 2. The summed E-state index contributed by atoms with van der Waals surface area (Å²) in [6.45, 7) is 4.74. The van der Waals surface area contributed by atoms with Crippen molar-refractivity contribution >= 4 is 0 Å². The van der Waals surface area contributed by atoms with Gasteiger partial charge in [0.15, 0.2) is 0 Å². The normalized spacial score (nSPS) is 19.9. The van der Waals surface area contributed by atoms with Crippen LogP contribution in [0.15, 0.2) is 97.1 Å². The fourth-order valence-electron chi connectivity index (χ4n) is 5.07. The summed E-state index contributed by atoms with van der Waals surface area (Å²) in [5.74, 6) is -1.45. The van der Waals surface area contributed by atoms with E-state index in [0.29, 0.717) is 24.3 Å². The molecular formula is C33H31F3O2. The van der Waals surface area contributed by atoms with Crippen molar-refractivity contribution in [3.8, 4) is 11.1 Å². The molecule has 4 aromatic carbocycles. The molecule has 0 saturated carbocycles. The second-order valence-electron chi connectivity index (χ2n) is 9.95. The number of rotatable bonds is 6. The van der Waals surface area contributed by atoms with Gasteiger partial charge in [-0.15, -0.1) is 0 Å². The summed E-state index contributed by atoms with van der Waals surface area (Å²) in [4.78, 5) is 0. The first-order valence-electron chi connectivity index (χ1n) is 13.0. The molecule has 2 nitrogen and oxygen atoms in total. The van der Waals surface area contributed by atoms with Crippen LogP contribution in [0.1, 0.15) is 52.6 Å². The first-order chi connectivity index (χ1) is 18.3. The van der Waals surface area contributed by atoms with Crippen LogP contribution in [0, 0.1) is 6.92 Å². The molecule has 4 aromatic rings. The Hall–Kier alpha value is -3.41. The second kappa shape index (κ2) is 10.8. The van der Waals surface area contributed by atoms with Gasteiger partial charge >= 0.3 is 6.18 Å². The summed E-state index contributed by atoms with van der Waals surface area (Å²) < 4.78 is 53.4. The largest absolute Gasteiger partial charge is 0.416 e. The Bertz CT molecular complexity index is 1370. The molecule has 0 radical (unpaired) electrons.